The molecule has 0 fully saturated rings. The molecule has 9 aromatic carbocycles. The maximum atomic E-state index is 5.31. The molecule has 2 heteroatoms. The molecule has 0 aliphatic heterocycles. The standard InChI is InChI=1S/C50H32N2/c1-2-12-34(13-3-1)43-19-9-21-46-45(43)20-10-22-47(46)49-32-48(40-27-23-33-11-4-5-15-36(33)30-40)51-50(52-49)41-28-25-37-29-39(26-24-38(37)31-41)44-18-8-16-35-14-6-7-17-42(35)44/h1-32H. The quantitative estimate of drug-likeness (QED) is 0.184. The van der Waals surface area contributed by atoms with Crippen LogP contribution in [0.5, 0.6) is 0 Å². The van der Waals surface area contributed by atoms with Gasteiger partial charge >= 0.3 is 0 Å². The molecule has 0 N–H and O–H groups in total. The minimum Gasteiger partial charge on any atom is -0.228 e. The minimum atomic E-state index is 0.705. The fourth-order valence-electron chi connectivity index (χ4n) is 7.64. The number of hydrogen-bond acceptors (Lipinski definition) is 2. The molecule has 52 heavy (non-hydrogen) atoms. The monoisotopic (exact) mass is 660 g/mol. The van der Waals surface area contributed by atoms with E-state index in [1.807, 2.05) is 0 Å². The Labute approximate surface area is 302 Å². The fourth-order valence-corrected chi connectivity index (χ4v) is 7.64. The van der Waals surface area contributed by atoms with E-state index < -0.39 is 0 Å². The minimum absolute atomic E-state index is 0.705. The molecule has 0 atom stereocenters. The summed E-state index contributed by atoms with van der Waals surface area (Å²) >= 11 is 0. The molecule has 0 amide bonds. The Kier molecular flexibility index (Phi) is 7.18. The van der Waals surface area contributed by atoms with Crippen molar-refractivity contribution in [1.29, 1.82) is 0 Å². The van der Waals surface area contributed by atoms with E-state index in [1.165, 1.54) is 54.6 Å². The topological polar surface area (TPSA) is 25.8 Å². The van der Waals surface area contributed by atoms with Crippen molar-refractivity contribution in [1.82, 2.24) is 9.97 Å². The van der Waals surface area contributed by atoms with Gasteiger partial charge in [0.2, 0.25) is 0 Å². The summed E-state index contributed by atoms with van der Waals surface area (Å²) in [6.07, 6.45) is 0. The molecule has 0 aliphatic rings. The highest BCUT2D eigenvalue weighted by molar-refractivity contribution is 6.04. The molecule has 10 rings (SSSR count). The first-order valence-corrected chi connectivity index (χ1v) is 17.7. The van der Waals surface area contributed by atoms with Crippen LogP contribution < -0.4 is 0 Å². The van der Waals surface area contributed by atoms with Gasteiger partial charge in [0, 0.05) is 16.7 Å². The summed E-state index contributed by atoms with van der Waals surface area (Å²) in [7, 11) is 0. The summed E-state index contributed by atoms with van der Waals surface area (Å²) < 4.78 is 0. The van der Waals surface area contributed by atoms with E-state index in [4.69, 9.17) is 9.97 Å². The molecular formula is C50H32N2. The van der Waals surface area contributed by atoms with E-state index in [2.05, 4.69) is 194 Å². The Hall–Kier alpha value is -6.90. The number of nitrogens with zero attached hydrogens (tertiary/aromatic N) is 2. The van der Waals surface area contributed by atoms with Crippen LogP contribution in [-0.4, -0.2) is 9.97 Å². The molecule has 0 bridgehead atoms. The predicted molar refractivity (Wildman–Crippen MR) is 219 cm³/mol. The summed E-state index contributed by atoms with van der Waals surface area (Å²) in [6.45, 7) is 0. The Balaban J connectivity index is 1.14. The van der Waals surface area contributed by atoms with Gasteiger partial charge in [0.05, 0.1) is 11.4 Å². The Morgan fingerprint density at radius 2 is 0.750 bits per heavy atom. The van der Waals surface area contributed by atoms with Gasteiger partial charge in [-0.3, -0.25) is 0 Å². The number of aromatic nitrogens is 2. The molecule has 2 nitrogen and oxygen atoms in total. The molecule has 0 saturated heterocycles. The lowest BCUT2D eigenvalue weighted by atomic mass is 9.94. The largest absolute Gasteiger partial charge is 0.228 e. The Morgan fingerprint density at radius 3 is 1.58 bits per heavy atom. The number of rotatable bonds is 5. The average molecular weight is 661 g/mol. The highest BCUT2D eigenvalue weighted by Gasteiger charge is 2.15. The Morgan fingerprint density at radius 1 is 0.250 bits per heavy atom. The molecule has 1 aromatic heterocycles. The Bertz CT molecular complexity index is 2960. The second kappa shape index (κ2) is 12.5. The molecule has 0 aliphatic carbocycles. The van der Waals surface area contributed by atoms with Crippen molar-refractivity contribution in [2.24, 2.45) is 0 Å². The first-order valence-electron chi connectivity index (χ1n) is 17.7. The van der Waals surface area contributed by atoms with Crippen molar-refractivity contribution in [3.05, 3.63) is 194 Å². The number of fused-ring (bicyclic) bond motifs is 4. The SMILES string of the molecule is c1ccc(-c2cccc3c(-c4cc(-c5ccc6ccccc6c5)nc(-c5ccc6cc(-c7cccc8ccccc78)ccc6c5)n4)cccc23)cc1. The van der Waals surface area contributed by atoms with E-state index in [-0.39, 0.29) is 0 Å². The fraction of sp³-hybridized carbons (Fsp3) is 0. The van der Waals surface area contributed by atoms with Gasteiger partial charge in [-0.2, -0.15) is 0 Å². The van der Waals surface area contributed by atoms with Crippen LogP contribution in [0.4, 0.5) is 0 Å². The lowest BCUT2D eigenvalue weighted by Gasteiger charge is -2.14. The average Bonchev–Trinajstić information content (AvgIpc) is 3.22. The van der Waals surface area contributed by atoms with Gasteiger partial charge in [-0.15, -0.1) is 0 Å². The maximum absolute atomic E-state index is 5.31. The van der Waals surface area contributed by atoms with Crippen LogP contribution in [0.2, 0.25) is 0 Å². The molecule has 1 heterocycles. The van der Waals surface area contributed by atoms with Crippen molar-refractivity contribution < 1.29 is 0 Å². The van der Waals surface area contributed by atoms with E-state index in [9.17, 15) is 0 Å². The molecule has 10 aromatic rings. The van der Waals surface area contributed by atoms with E-state index >= 15 is 0 Å². The van der Waals surface area contributed by atoms with Crippen LogP contribution in [0.1, 0.15) is 0 Å². The van der Waals surface area contributed by atoms with Gasteiger partial charge in [-0.1, -0.05) is 170 Å². The lowest BCUT2D eigenvalue weighted by molar-refractivity contribution is 1.19. The highest BCUT2D eigenvalue weighted by Crippen LogP contribution is 2.37. The van der Waals surface area contributed by atoms with Crippen molar-refractivity contribution in [2.45, 2.75) is 0 Å². The van der Waals surface area contributed by atoms with E-state index in [1.54, 1.807) is 0 Å². The van der Waals surface area contributed by atoms with Gasteiger partial charge in [-0.25, -0.2) is 9.97 Å². The summed E-state index contributed by atoms with van der Waals surface area (Å²) in [5, 5.41) is 9.60. The molecule has 0 radical (unpaired) electrons. The summed E-state index contributed by atoms with van der Waals surface area (Å²) in [5.41, 5.74) is 9.79. The normalized spacial score (nSPS) is 11.5. The van der Waals surface area contributed by atoms with E-state index in [0.717, 1.165) is 38.9 Å². The van der Waals surface area contributed by atoms with Crippen molar-refractivity contribution >= 4 is 43.1 Å². The van der Waals surface area contributed by atoms with Gasteiger partial charge in [-0.05, 0) is 89.6 Å². The zero-order valence-corrected chi connectivity index (χ0v) is 28.4. The third kappa shape index (κ3) is 5.30. The molecular weight excluding hydrogens is 629 g/mol. The zero-order chi connectivity index (χ0) is 34.4. The summed E-state index contributed by atoms with van der Waals surface area (Å²) in [6, 6.07) is 69.3. The molecule has 0 unspecified atom stereocenters. The molecule has 242 valence electrons. The van der Waals surface area contributed by atoms with E-state index in [0.29, 0.717) is 5.82 Å². The van der Waals surface area contributed by atoms with Crippen molar-refractivity contribution in [3.63, 3.8) is 0 Å². The second-order valence-electron chi connectivity index (χ2n) is 13.4. The zero-order valence-electron chi connectivity index (χ0n) is 28.4. The number of benzene rings is 9. The van der Waals surface area contributed by atoms with Crippen molar-refractivity contribution in [3.8, 4) is 56.2 Å². The van der Waals surface area contributed by atoms with Crippen LogP contribution in [-0.2, 0) is 0 Å². The first kappa shape index (κ1) is 30.0. The lowest BCUT2D eigenvalue weighted by Crippen LogP contribution is -1.97. The molecule has 0 spiro atoms. The van der Waals surface area contributed by atoms with Gasteiger partial charge in [0.25, 0.3) is 0 Å². The smallest absolute Gasteiger partial charge is 0.160 e. The summed E-state index contributed by atoms with van der Waals surface area (Å²) in [4.78, 5) is 10.6. The first-order chi connectivity index (χ1) is 25.7. The maximum Gasteiger partial charge on any atom is 0.160 e. The highest BCUT2D eigenvalue weighted by atomic mass is 14.9. The third-order valence-electron chi connectivity index (χ3n) is 10.3. The van der Waals surface area contributed by atoms with Crippen molar-refractivity contribution in [2.75, 3.05) is 0 Å². The molecule has 0 saturated carbocycles. The van der Waals surface area contributed by atoms with Gasteiger partial charge in [0.15, 0.2) is 5.82 Å². The van der Waals surface area contributed by atoms with Crippen LogP contribution in [0.25, 0.3) is 99.2 Å². The predicted octanol–water partition coefficient (Wildman–Crippen LogP) is 13.4. The summed E-state index contributed by atoms with van der Waals surface area (Å²) in [5.74, 6) is 0.705. The number of hydrogen-bond donors (Lipinski definition) is 0. The van der Waals surface area contributed by atoms with Crippen LogP contribution in [0.3, 0.4) is 0 Å². The van der Waals surface area contributed by atoms with Crippen LogP contribution >= 0.6 is 0 Å². The van der Waals surface area contributed by atoms with Gasteiger partial charge < -0.3 is 0 Å². The third-order valence-corrected chi connectivity index (χ3v) is 10.3. The van der Waals surface area contributed by atoms with Crippen LogP contribution in [0.15, 0.2) is 194 Å². The van der Waals surface area contributed by atoms with Crippen LogP contribution in [0, 0.1) is 0 Å². The second-order valence-corrected chi connectivity index (χ2v) is 13.4. The van der Waals surface area contributed by atoms with Gasteiger partial charge in [0.1, 0.15) is 0 Å².